The van der Waals surface area contributed by atoms with Gasteiger partial charge in [-0.25, -0.2) is 0 Å². The van der Waals surface area contributed by atoms with Crippen molar-refractivity contribution in [1.29, 1.82) is 0 Å². The lowest BCUT2D eigenvalue weighted by atomic mass is 9.80. The molecule has 1 amide bonds. The number of rotatable bonds is 4. The first kappa shape index (κ1) is 15.6. The maximum Gasteiger partial charge on any atom is 0.488 e. The molecule has 0 radical (unpaired) electrons. The highest BCUT2D eigenvalue weighted by Gasteiger charge is 2.15. The third-order valence-corrected chi connectivity index (χ3v) is 3.42. The quantitative estimate of drug-likeness (QED) is 0.745. The Morgan fingerprint density at radius 2 is 1.86 bits per heavy atom. The van der Waals surface area contributed by atoms with Crippen LogP contribution >= 0.6 is 11.6 Å². The van der Waals surface area contributed by atoms with Crippen molar-refractivity contribution in [3.05, 3.63) is 64.2 Å². The average molecular weight is 304 g/mol. The molecule has 0 aliphatic rings. The molecule has 2 rings (SSSR count). The van der Waals surface area contributed by atoms with E-state index in [-0.39, 0.29) is 16.4 Å². The molecule has 2 aromatic rings. The molecular weight excluding hydrogens is 288 g/mol. The fraction of sp³-hybridized carbons (Fsp3) is 0.133. The number of hydrogen-bond donors (Lipinski definition) is 3. The second-order valence-electron chi connectivity index (χ2n) is 4.78. The molecule has 0 spiro atoms. The van der Waals surface area contributed by atoms with Gasteiger partial charge in [0.15, 0.2) is 0 Å². The lowest BCUT2D eigenvalue weighted by molar-refractivity contribution is 0.0951. The van der Waals surface area contributed by atoms with Gasteiger partial charge in [-0.2, -0.15) is 0 Å². The molecule has 0 atom stereocenters. The summed E-state index contributed by atoms with van der Waals surface area (Å²) in [6, 6.07) is 12.1. The monoisotopic (exact) mass is 303 g/mol. The number of nitrogens with one attached hydrogen (secondary N) is 1. The average Bonchev–Trinajstić information content (AvgIpc) is 2.46. The van der Waals surface area contributed by atoms with E-state index in [2.05, 4.69) is 5.32 Å². The first-order chi connectivity index (χ1) is 9.97. The zero-order valence-corrected chi connectivity index (χ0v) is 12.3. The summed E-state index contributed by atoms with van der Waals surface area (Å²) in [5.41, 5.74) is 2.70. The molecule has 0 saturated carbocycles. The molecule has 0 unspecified atom stereocenters. The summed E-state index contributed by atoms with van der Waals surface area (Å²) >= 11 is 5.99. The van der Waals surface area contributed by atoms with E-state index in [1.807, 2.05) is 31.2 Å². The maximum absolute atomic E-state index is 12.1. The molecular formula is C15H15BClNO3. The Kier molecular flexibility index (Phi) is 5.01. The summed E-state index contributed by atoms with van der Waals surface area (Å²) in [7, 11) is -1.60. The van der Waals surface area contributed by atoms with Crippen LogP contribution in [0.5, 0.6) is 0 Å². The Labute approximate surface area is 128 Å². The van der Waals surface area contributed by atoms with Crippen molar-refractivity contribution in [3.63, 3.8) is 0 Å². The number of aryl methyl sites for hydroxylation is 1. The second kappa shape index (κ2) is 6.76. The van der Waals surface area contributed by atoms with Crippen LogP contribution in [0.4, 0.5) is 0 Å². The van der Waals surface area contributed by atoms with E-state index in [9.17, 15) is 4.79 Å². The number of amides is 1. The fourth-order valence-electron chi connectivity index (χ4n) is 1.86. The Bertz CT molecular complexity index is 644. The molecule has 0 aliphatic heterocycles. The molecule has 0 heterocycles. The molecule has 0 fully saturated rings. The summed E-state index contributed by atoms with van der Waals surface area (Å²) in [5, 5.41) is 21.1. The third-order valence-electron chi connectivity index (χ3n) is 3.11. The van der Waals surface area contributed by atoms with E-state index in [1.54, 1.807) is 0 Å². The van der Waals surface area contributed by atoms with Crippen LogP contribution in [-0.4, -0.2) is 23.1 Å². The van der Waals surface area contributed by atoms with Gasteiger partial charge in [-0.05, 0) is 30.1 Å². The van der Waals surface area contributed by atoms with Crippen molar-refractivity contribution < 1.29 is 14.8 Å². The van der Waals surface area contributed by atoms with Gasteiger partial charge in [0.2, 0.25) is 0 Å². The fourth-order valence-corrected chi connectivity index (χ4v) is 2.13. The Morgan fingerprint density at radius 1 is 1.19 bits per heavy atom. The van der Waals surface area contributed by atoms with Gasteiger partial charge in [-0.1, -0.05) is 47.5 Å². The van der Waals surface area contributed by atoms with Crippen molar-refractivity contribution >= 4 is 30.1 Å². The summed E-state index contributed by atoms with van der Waals surface area (Å²) in [5.74, 6) is -0.306. The molecule has 0 aliphatic carbocycles. The van der Waals surface area contributed by atoms with Crippen LogP contribution < -0.4 is 10.8 Å². The molecule has 0 aromatic heterocycles. The molecule has 108 valence electrons. The van der Waals surface area contributed by atoms with Gasteiger partial charge in [-0.3, -0.25) is 4.79 Å². The number of carbonyl (C=O) groups is 1. The van der Waals surface area contributed by atoms with Gasteiger partial charge in [0.25, 0.3) is 5.91 Å². The first-order valence-corrected chi connectivity index (χ1v) is 6.84. The predicted octanol–water partition coefficient (Wildman–Crippen LogP) is 1.26. The van der Waals surface area contributed by atoms with Crippen molar-refractivity contribution in [1.82, 2.24) is 5.32 Å². The van der Waals surface area contributed by atoms with Gasteiger partial charge in [0, 0.05) is 6.54 Å². The minimum absolute atomic E-state index is 0.182. The Morgan fingerprint density at radius 3 is 2.43 bits per heavy atom. The zero-order valence-electron chi connectivity index (χ0n) is 11.5. The minimum Gasteiger partial charge on any atom is -0.423 e. The molecule has 2 aromatic carbocycles. The largest absolute Gasteiger partial charge is 0.488 e. The normalized spacial score (nSPS) is 10.3. The third kappa shape index (κ3) is 4.08. The lowest BCUT2D eigenvalue weighted by Gasteiger charge is -2.08. The van der Waals surface area contributed by atoms with Gasteiger partial charge < -0.3 is 15.4 Å². The predicted molar refractivity (Wildman–Crippen MR) is 83.6 cm³/mol. The zero-order chi connectivity index (χ0) is 15.4. The number of carbonyl (C=O) groups excluding carboxylic acids is 1. The van der Waals surface area contributed by atoms with E-state index in [4.69, 9.17) is 21.6 Å². The standard InChI is InChI=1S/C15H15BClNO3/c1-10-2-4-11(5-3-10)9-18-15(19)13-7-6-12(16(20)21)8-14(13)17/h2-8,20-21H,9H2,1H3,(H,18,19). The lowest BCUT2D eigenvalue weighted by Crippen LogP contribution is -2.30. The smallest absolute Gasteiger partial charge is 0.423 e. The number of hydrogen-bond acceptors (Lipinski definition) is 3. The van der Waals surface area contributed by atoms with Crippen molar-refractivity contribution in [2.75, 3.05) is 0 Å². The van der Waals surface area contributed by atoms with Crippen LogP contribution in [0.1, 0.15) is 21.5 Å². The van der Waals surface area contributed by atoms with Crippen LogP contribution in [0.25, 0.3) is 0 Å². The summed E-state index contributed by atoms with van der Waals surface area (Å²) < 4.78 is 0. The van der Waals surface area contributed by atoms with Crippen molar-refractivity contribution in [2.45, 2.75) is 13.5 Å². The van der Waals surface area contributed by atoms with Gasteiger partial charge in [0.05, 0.1) is 10.6 Å². The van der Waals surface area contributed by atoms with E-state index in [1.165, 1.54) is 18.2 Å². The van der Waals surface area contributed by atoms with Crippen LogP contribution in [-0.2, 0) is 6.54 Å². The van der Waals surface area contributed by atoms with Gasteiger partial charge in [0.1, 0.15) is 0 Å². The van der Waals surface area contributed by atoms with Crippen LogP contribution in [0.2, 0.25) is 5.02 Å². The SMILES string of the molecule is Cc1ccc(CNC(=O)c2ccc(B(O)O)cc2Cl)cc1. The first-order valence-electron chi connectivity index (χ1n) is 6.46. The topological polar surface area (TPSA) is 69.6 Å². The van der Waals surface area contributed by atoms with Gasteiger partial charge >= 0.3 is 7.12 Å². The van der Waals surface area contributed by atoms with Crippen molar-refractivity contribution in [2.24, 2.45) is 0 Å². The van der Waals surface area contributed by atoms with E-state index >= 15 is 0 Å². The molecule has 0 bridgehead atoms. The highest BCUT2D eigenvalue weighted by Crippen LogP contribution is 2.14. The molecule has 6 heteroatoms. The molecule has 4 nitrogen and oxygen atoms in total. The molecule has 0 saturated heterocycles. The molecule has 21 heavy (non-hydrogen) atoms. The Balaban J connectivity index is 2.05. The van der Waals surface area contributed by atoms with E-state index in [0.29, 0.717) is 12.1 Å². The molecule has 3 N–H and O–H groups in total. The highest BCUT2D eigenvalue weighted by atomic mass is 35.5. The van der Waals surface area contributed by atoms with Crippen LogP contribution in [0, 0.1) is 6.92 Å². The van der Waals surface area contributed by atoms with E-state index < -0.39 is 7.12 Å². The Hall–Kier alpha value is -1.82. The maximum atomic E-state index is 12.1. The van der Waals surface area contributed by atoms with Crippen LogP contribution in [0.15, 0.2) is 42.5 Å². The number of benzene rings is 2. The summed E-state index contributed by atoms with van der Waals surface area (Å²) in [6.07, 6.45) is 0. The number of halogens is 1. The van der Waals surface area contributed by atoms with Crippen molar-refractivity contribution in [3.8, 4) is 0 Å². The van der Waals surface area contributed by atoms with Crippen LogP contribution in [0.3, 0.4) is 0 Å². The summed E-state index contributed by atoms with van der Waals surface area (Å²) in [4.78, 5) is 12.1. The minimum atomic E-state index is -1.60. The second-order valence-corrected chi connectivity index (χ2v) is 5.19. The highest BCUT2D eigenvalue weighted by molar-refractivity contribution is 6.59. The summed E-state index contributed by atoms with van der Waals surface area (Å²) in [6.45, 7) is 2.40. The van der Waals surface area contributed by atoms with E-state index in [0.717, 1.165) is 11.1 Å². The van der Waals surface area contributed by atoms with Gasteiger partial charge in [-0.15, -0.1) is 0 Å².